The summed E-state index contributed by atoms with van der Waals surface area (Å²) in [5.74, 6) is -1.07. The van der Waals surface area contributed by atoms with Gasteiger partial charge in [-0.15, -0.1) is 0 Å². The van der Waals surface area contributed by atoms with Gasteiger partial charge in [0.25, 0.3) is 0 Å². The Bertz CT molecular complexity index is 332. The van der Waals surface area contributed by atoms with Crippen LogP contribution >= 0.6 is 0 Å². The molecule has 3 atom stereocenters. The minimum atomic E-state index is -2.95. The summed E-state index contributed by atoms with van der Waals surface area (Å²) in [7, 11) is -2.95. The van der Waals surface area contributed by atoms with Gasteiger partial charge in [-0.05, 0) is 25.2 Å². The summed E-state index contributed by atoms with van der Waals surface area (Å²) in [6, 6.07) is 0. The molecule has 74 valence electrons. The minimum Gasteiger partial charge on any atom is -0.481 e. The SMILES string of the molecule is O=C(O)[C@H]1C[C@@H]1C1CCCS1(=O)=O. The van der Waals surface area contributed by atoms with E-state index >= 15 is 0 Å². The monoisotopic (exact) mass is 204 g/mol. The van der Waals surface area contributed by atoms with Crippen molar-refractivity contribution in [2.24, 2.45) is 11.8 Å². The van der Waals surface area contributed by atoms with Gasteiger partial charge in [0.2, 0.25) is 0 Å². The van der Waals surface area contributed by atoms with Gasteiger partial charge in [-0.3, -0.25) is 4.79 Å². The van der Waals surface area contributed by atoms with Crippen molar-refractivity contribution in [1.29, 1.82) is 0 Å². The molecular formula is C8H12O4S. The number of sulfone groups is 1. The van der Waals surface area contributed by atoms with Crippen LogP contribution in [0.15, 0.2) is 0 Å². The van der Waals surface area contributed by atoms with Gasteiger partial charge in [0.05, 0.1) is 16.9 Å². The summed E-state index contributed by atoms with van der Waals surface area (Å²) in [5.41, 5.74) is 0. The molecule has 1 N–H and O–H groups in total. The van der Waals surface area contributed by atoms with Crippen molar-refractivity contribution >= 4 is 15.8 Å². The highest BCUT2D eigenvalue weighted by Gasteiger charge is 2.53. The largest absolute Gasteiger partial charge is 0.481 e. The zero-order valence-corrected chi connectivity index (χ0v) is 7.96. The van der Waals surface area contributed by atoms with Gasteiger partial charge in [-0.1, -0.05) is 0 Å². The van der Waals surface area contributed by atoms with Crippen molar-refractivity contribution in [1.82, 2.24) is 0 Å². The number of carbonyl (C=O) groups is 1. The molecule has 0 aromatic carbocycles. The van der Waals surface area contributed by atoms with Crippen LogP contribution in [0.4, 0.5) is 0 Å². The van der Waals surface area contributed by atoms with E-state index in [0.29, 0.717) is 19.3 Å². The second-order valence-electron chi connectivity index (χ2n) is 3.89. The Morgan fingerprint density at radius 1 is 1.38 bits per heavy atom. The quantitative estimate of drug-likeness (QED) is 0.701. The van der Waals surface area contributed by atoms with Crippen LogP contribution < -0.4 is 0 Å². The normalized spacial score (nSPS) is 41.7. The van der Waals surface area contributed by atoms with E-state index in [1.54, 1.807) is 0 Å². The number of rotatable bonds is 2. The van der Waals surface area contributed by atoms with Crippen LogP contribution in [0.25, 0.3) is 0 Å². The lowest BCUT2D eigenvalue weighted by molar-refractivity contribution is -0.138. The van der Waals surface area contributed by atoms with E-state index in [2.05, 4.69) is 0 Å². The van der Waals surface area contributed by atoms with E-state index in [-0.39, 0.29) is 16.9 Å². The van der Waals surface area contributed by atoms with Crippen LogP contribution in [0.5, 0.6) is 0 Å². The van der Waals surface area contributed by atoms with Gasteiger partial charge < -0.3 is 5.11 Å². The lowest BCUT2D eigenvalue weighted by Gasteiger charge is -2.06. The summed E-state index contributed by atoms with van der Waals surface area (Å²) >= 11 is 0. The fourth-order valence-corrected chi connectivity index (χ4v) is 4.44. The van der Waals surface area contributed by atoms with Gasteiger partial charge in [0.15, 0.2) is 9.84 Å². The highest BCUT2D eigenvalue weighted by Crippen LogP contribution is 2.47. The number of carboxylic acid groups (broad SMARTS) is 1. The van der Waals surface area contributed by atoms with Gasteiger partial charge in [0, 0.05) is 0 Å². The van der Waals surface area contributed by atoms with Crippen LogP contribution in [0.3, 0.4) is 0 Å². The Labute approximate surface area is 76.9 Å². The van der Waals surface area contributed by atoms with Crippen molar-refractivity contribution in [3.63, 3.8) is 0 Å². The topological polar surface area (TPSA) is 71.4 Å². The fraction of sp³-hybridized carbons (Fsp3) is 0.875. The Kier molecular flexibility index (Phi) is 1.87. The molecule has 1 unspecified atom stereocenters. The molecule has 0 aromatic rings. The van der Waals surface area contributed by atoms with Gasteiger partial charge in [0.1, 0.15) is 0 Å². The second-order valence-corrected chi connectivity index (χ2v) is 6.23. The van der Waals surface area contributed by atoms with E-state index in [1.165, 1.54) is 0 Å². The van der Waals surface area contributed by atoms with Crippen molar-refractivity contribution in [2.75, 3.05) is 5.75 Å². The molecule has 2 rings (SSSR count). The summed E-state index contributed by atoms with van der Waals surface area (Å²) in [6.07, 6.45) is 1.92. The van der Waals surface area contributed by atoms with Crippen molar-refractivity contribution in [3.8, 4) is 0 Å². The molecule has 5 heteroatoms. The fourth-order valence-electron chi connectivity index (χ4n) is 2.21. The van der Waals surface area contributed by atoms with Crippen LogP contribution in [0.1, 0.15) is 19.3 Å². The maximum atomic E-state index is 11.4. The number of hydrogen-bond donors (Lipinski definition) is 1. The number of carboxylic acids is 1. The zero-order valence-electron chi connectivity index (χ0n) is 7.14. The standard InChI is InChI=1S/C8H12O4S/c9-8(10)6-4-5(6)7-2-1-3-13(7,11)12/h5-7H,1-4H2,(H,9,10)/t5-,6-,7?/m0/s1. The molecule has 2 aliphatic rings. The minimum absolute atomic E-state index is 0.0926. The molecule has 1 saturated carbocycles. The maximum absolute atomic E-state index is 11.4. The first-order chi connectivity index (χ1) is 6.02. The average Bonchev–Trinajstić information content (AvgIpc) is 2.71. The molecule has 1 aliphatic carbocycles. The molecule has 0 bridgehead atoms. The molecule has 13 heavy (non-hydrogen) atoms. The molecule has 0 aromatic heterocycles. The highest BCUT2D eigenvalue weighted by molar-refractivity contribution is 7.92. The third-order valence-corrected chi connectivity index (χ3v) is 5.38. The average molecular weight is 204 g/mol. The summed E-state index contributed by atoms with van der Waals surface area (Å²) in [6.45, 7) is 0. The molecule has 0 spiro atoms. The zero-order chi connectivity index (χ0) is 9.64. The van der Waals surface area contributed by atoms with Gasteiger partial charge >= 0.3 is 5.97 Å². The van der Waals surface area contributed by atoms with E-state index in [1.807, 2.05) is 0 Å². The van der Waals surface area contributed by atoms with Crippen molar-refractivity contribution in [2.45, 2.75) is 24.5 Å². The molecule has 0 amide bonds. The van der Waals surface area contributed by atoms with Crippen molar-refractivity contribution < 1.29 is 18.3 Å². The molecular weight excluding hydrogens is 192 g/mol. The number of hydrogen-bond acceptors (Lipinski definition) is 3. The first kappa shape index (κ1) is 8.99. The van der Waals surface area contributed by atoms with Crippen LogP contribution in [0, 0.1) is 11.8 Å². The van der Waals surface area contributed by atoms with Gasteiger partial charge in [-0.2, -0.15) is 0 Å². The lowest BCUT2D eigenvalue weighted by atomic mass is 10.1. The molecule has 0 radical (unpaired) electrons. The maximum Gasteiger partial charge on any atom is 0.306 e. The van der Waals surface area contributed by atoms with Crippen LogP contribution in [0.2, 0.25) is 0 Å². The molecule has 1 aliphatic heterocycles. The Morgan fingerprint density at radius 2 is 2.08 bits per heavy atom. The van der Waals surface area contributed by atoms with Crippen molar-refractivity contribution in [3.05, 3.63) is 0 Å². The molecule has 1 heterocycles. The van der Waals surface area contributed by atoms with E-state index < -0.39 is 21.7 Å². The predicted molar refractivity (Wildman–Crippen MR) is 46.0 cm³/mol. The lowest BCUT2D eigenvalue weighted by Crippen LogP contribution is -2.20. The Morgan fingerprint density at radius 3 is 2.46 bits per heavy atom. The van der Waals surface area contributed by atoms with Crippen LogP contribution in [-0.2, 0) is 14.6 Å². The first-order valence-electron chi connectivity index (χ1n) is 4.47. The summed E-state index contributed by atoms with van der Waals surface area (Å²) < 4.78 is 22.8. The Balaban J connectivity index is 2.09. The molecule has 1 saturated heterocycles. The third-order valence-electron chi connectivity index (χ3n) is 3.01. The summed E-state index contributed by atoms with van der Waals surface area (Å²) in [4.78, 5) is 10.5. The predicted octanol–water partition coefficient (Wildman–Crippen LogP) is 0.284. The van der Waals surface area contributed by atoms with E-state index in [0.717, 1.165) is 0 Å². The Hall–Kier alpha value is -0.580. The van der Waals surface area contributed by atoms with Gasteiger partial charge in [-0.25, -0.2) is 8.42 Å². The highest BCUT2D eigenvalue weighted by atomic mass is 32.2. The van der Waals surface area contributed by atoms with E-state index in [9.17, 15) is 13.2 Å². The molecule has 4 nitrogen and oxygen atoms in total. The van der Waals surface area contributed by atoms with E-state index in [4.69, 9.17) is 5.11 Å². The number of aliphatic carboxylic acids is 1. The third kappa shape index (κ3) is 1.45. The second kappa shape index (κ2) is 2.70. The van der Waals surface area contributed by atoms with Crippen LogP contribution in [-0.4, -0.2) is 30.5 Å². The molecule has 2 fully saturated rings. The smallest absolute Gasteiger partial charge is 0.306 e. The summed E-state index contributed by atoms with van der Waals surface area (Å²) in [5, 5.41) is 8.31. The first-order valence-corrected chi connectivity index (χ1v) is 6.18.